The Morgan fingerprint density at radius 1 is 1.42 bits per heavy atom. The molecule has 5 heteroatoms. The van der Waals surface area contributed by atoms with E-state index in [1.54, 1.807) is 18.6 Å². The van der Waals surface area contributed by atoms with Gasteiger partial charge in [0.15, 0.2) is 0 Å². The van der Waals surface area contributed by atoms with Gasteiger partial charge in [-0.25, -0.2) is 9.78 Å². The minimum atomic E-state index is -0.354. The first-order valence-corrected chi connectivity index (χ1v) is 5.92. The summed E-state index contributed by atoms with van der Waals surface area (Å²) in [5.41, 5.74) is 2.54. The summed E-state index contributed by atoms with van der Waals surface area (Å²) in [6.45, 7) is 0.752. The van der Waals surface area contributed by atoms with E-state index in [2.05, 4.69) is 9.97 Å². The van der Waals surface area contributed by atoms with E-state index in [1.165, 1.54) is 7.11 Å². The largest absolute Gasteiger partial charge is 0.464 e. The lowest BCUT2D eigenvalue weighted by Crippen LogP contribution is -2.00. The van der Waals surface area contributed by atoms with Crippen LogP contribution in [-0.2, 0) is 11.3 Å². The Morgan fingerprint density at radius 2 is 2.32 bits per heavy atom. The first kappa shape index (κ1) is 11.5. The number of ether oxygens (including phenoxy) is 1. The molecular weight excluding hydrogens is 242 g/mol. The highest BCUT2D eigenvalue weighted by atomic mass is 16.5. The van der Waals surface area contributed by atoms with Gasteiger partial charge in [-0.2, -0.15) is 0 Å². The van der Waals surface area contributed by atoms with Crippen molar-refractivity contribution < 1.29 is 9.53 Å². The van der Waals surface area contributed by atoms with Crippen molar-refractivity contribution in [2.45, 2.75) is 6.54 Å². The highest BCUT2D eigenvalue weighted by Gasteiger charge is 2.09. The molecule has 0 aliphatic heterocycles. The van der Waals surface area contributed by atoms with Gasteiger partial charge in [0, 0.05) is 29.8 Å². The van der Waals surface area contributed by atoms with Crippen LogP contribution in [0.15, 0.2) is 43.0 Å². The quantitative estimate of drug-likeness (QED) is 0.730. The number of rotatable bonds is 3. The molecule has 0 saturated heterocycles. The van der Waals surface area contributed by atoms with Crippen LogP contribution >= 0.6 is 0 Å². The van der Waals surface area contributed by atoms with Crippen LogP contribution in [0.25, 0.3) is 10.9 Å². The van der Waals surface area contributed by atoms with Gasteiger partial charge in [0.05, 0.1) is 13.4 Å². The summed E-state index contributed by atoms with van der Waals surface area (Å²) in [5.74, 6) is -0.354. The topological polar surface area (TPSA) is 59.9 Å². The summed E-state index contributed by atoms with van der Waals surface area (Å²) in [4.78, 5) is 18.5. The van der Waals surface area contributed by atoms with Crippen molar-refractivity contribution in [3.63, 3.8) is 0 Å². The number of hydrogen-bond acceptors (Lipinski definition) is 3. The van der Waals surface area contributed by atoms with Gasteiger partial charge in [-0.3, -0.25) is 0 Å². The second-order valence-electron chi connectivity index (χ2n) is 4.33. The number of fused-ring (bicyclic) bond motifs is 1. The molecule has 19 heavy (non-hydrogen) atoms. The molecule has 0 saturated carbocycles. The minimum absolute atomic E-state index is 0.354. The van der Waals surface area contributed by atoms with Gasteiger partial charge < -0.3 is 14.3 Å². The van der Waals surface area contributed by atoms with Crippen LogP contribution in [-0.4, -0.2) is 27.6 Å². The van der Waals surface area contributed by atoms with Gasteiger partial charge in [-0.1, -0.05) is 12.1 Å². The number of H-pyrrole nitrogens is 1. The van der Waals surface area contributed by atoms with Crippen molar-refractivity contribution in [3.05, 3.63) is 54.2 Å². The molecule has 0 aliphatic rings. The lowest BCUT2D eigenvalue weighted by atomic mass is 10.1. The van der Waals surface area contributed by atoms with E-state index in [4.69, 9.17) is 4.74 Å². The molecule has 0 bridgehead atoms. The number of aromatic nitrogens is 3. The number of aromatic amines is 1. The number of nitrogens with one attached hydrogen (secondary N) is 1. The maximum atomic E-state index is 11.5. The zero-order valence-electron chi connectivity index (χ0n) is 10.5. The van der Waals surface area contributed by atoms with Crippen molar-refractivity contribution in [2.75, 3.05) is 7.11 Å². The number of benzene rings is 1. The summed E-state index contributed by atoms with van der Waals surface area (Å²) < 4.78 is 6.69. The Bertz CT molecular complexity index is 713. The second-order valence-corrected chi connectivity index (χ2v) is 4.33. The summed E-state index contributed by atoms with van der Waals surface area (Å²) in [6.07, 6.45) is 5.44. The van der Waals surface area contributed by atoms with E-state index in [0.29, 0.717) is 5.69 Å². The highest BCUT2D eigenvalue weighted by molar-refractivity contribution is 5.94. The number of methoxy groups -OCH3 is 1. The molecule has 96 valence electrons. The van der Waals surface area contributed by atoms with Gasteiger partial charge in [-0.15, -0.1) is 0 Å². The second kappa shape index (κ2) is 4.61. The molecule has 0 spiro atoms. The van der Waals surface area contributed by atoms with Crippen LogP contribution < -0.4 is 0 Å². The van der Waals surface area contributed by atoms with Crippen molar-refractivity contribution in [3.8, 4) is 0 Å². The Labute approximate surface area is 109 Å². The van der Waals surface area contributed by atoms with E-state index in [-0.39, 0.29) is 5.97 Å². The number of esters is 1. The van der Waals surface area contributed by atoms with E-state index in [9.17, 15) is 4.79 Å². The molecule has 1 aromatic carbocycles. The van der Waals surface area contributed by atoms with Crippen LogP contribution in [0.1, 0.15) is 16.1 Å². The third-order valence-corrected chi connectivity index (χ3v) is 3.02. The minimum Gasteiger partial charge on any atom is -0.464 e. The Balaban J connectivity index is 1.94. The van der Waals surface area contributed by atoms with Crippen LogP contribution in [0.3, 0.4) is 0 Å². The van der Waals surface area contributed by atoms with Gasteiger partial charge in [0.25, 0.3) is 0 Å². The lowest BCUT2D eigenvalue weighted by Gasteiger charge is -2.02. The molecule has 0 atom stereocenters. The van der Waals surface area contributed by atoms with E-state index in [1.807, 2.05) is 29.0 Å². The first-order chi connectivity index (χ1) is 9.26. The van der Waals surface area contributed by atoms with Crippen LogP contribution in [0, 0.1) is 0 Å². The van der Waals surface area contributed by atoms with Crippen molar-refractivity contribution in [1.82, 2.24) is 14.5 Å². The average molecular weight is 255 g/mol. The fraction of sp³-hybridized carbons (Fsp3) is 0.143. The molecule has 1 N–H and O–H groups in total. The lowest BCUT2D eigenvalue weighted by molar-refractivity contribution is 0.0595. The van der Waals surface area contributed by atoms with Crippen molar-refractivity contribution in [2.24, 2.45) is 0 Å². The van der Waals surface area contributed by atoms with E-state index in [0.717, 1.165) is 23.0 Å². The molecule has 2 aromatic heterocycles. The number of nitrogens with zero attached hydrogens (tertiary/aromatic N) is 2. The summed E-state index contributed by atoms with van der Waals surface area (Å²) in [5, 5.41) is 0.995. The van der Waals surface area contributed by atoms with Gasteiger partial charge >= 0.3 is 5.97 Å². The highest BCUT2D eigenvalue weighted by Crippen LogP contribution is 2.18. The third-order valence-electron chi connectivity index (χ3n) is 3.02. The van der Waals surface area contributed by atoms with E-state index < -0.39 is 0 Å². The van der Waals surface area contributed by atoms with Gasteiger partial charge in [-0.05, 0) is 17.7 Å². The Kier molecular flexibility index (Phi) is 2.79. The van der Waals surface area contributed by atoms with Crippen LogP contribution in [0.5, 0.6) is 0 Å². The van der Waals surface area contributed by atoms with Crippen LogP contribution in [0.4, 0.5) is 0 Å². The fourth-order valence-electron chi connectivity index (χ4n) is 2.08. The predicted molar refractivity (Wildman–Crippen MR) is 71.0 cm³/mol. The first-order valence-electron chi connectivity index (χ1n) is 5.92. The predicted octanol–water partition coefficient (Wildman–Crippen LogP) is 2.20. The number of carbonyl (C=O) groups is 1. The molecule has 0 amide bonds. The summed E-state index contributed by atoms with van der Waals surface area (Å²) in [7, 11) is 1.37. The normalized spacial score (nSPS) is 10.8. The monoisotopic (exact) mass is 255 g/mol. The van der Waals surface area contributed by atoms with Gasteiger partial charge in [0.2, 0.25) is 0 Å². The zero-order valence-corrected chi connectivity index (χ0v) is 10.5. The molecule has 0 fully saturated rings. The SMILES string of the molecule is COC(=O)c1cc2ccc(Cn3ccnc3)cc2[nH]1. The zero-order chi connectivity index (χ0) is 13.2. The summed E-state index contributed by atoms with van der Waals surface area (Å²) in [6, 6.07) is 7.85. The smallest absolute Gasteiger partial charge is 0.354 e. The molecular formula is C14H13N3O2. The van der Waals surface area contributed by atoms with Crippen molar-refractivity contribution >= 4 is 16.9 Å². The molecule has 2 heterocycles. The van der Waals surface area contributed by atoms with Crippen molar-refractivity contribution in [1.29, 1.82) is 0 Å². The Morgan fingerprint density at radius 3 is 3.05 bits per heavy atom. The maximum absolute atomic E-state index is 11.5. The number of hydrogen-bond donors (Lipinski definition) is 1. The van der Waals surface area contributed by atoms with Gasteiger partial charge in [0.1, 0.15) is 5.69 Å². The molecule has 3 rings (SSSR count). The van der Waals surface area contributed by atoms with Crippen LogP contribution in [0.2, 0.25) is 0 Å². The molecule has 0 aliphatic carbocycles. The molecule has 3 aromatic rings. The standard InChI is InChI=1S/C14H13N3O2/c1-19-14(18)13-7-11-3-2-10(6-12(11)16-13)8-17-5-4-15-9-17/h2-7,9,16H,8H2,1H3. The fourth-order valence-corrected chi connectivity index (χ4v) is 2.08. The number of carbonyl (C=O) groups excluding carboxylic acids is 1. The average Bonchev–Trinajstić information content (AvgIpc) is 3.06. The molecule has 0 radical (unpaired) electrons. The molecule has 0 unspecified atom stereocenters. The maximum Gasteiger partial charge on any atom is 0.354 e. The third kappa shape index (κ3) is 2.22. The molecule has 5 nitrogen and oxygen atoms in total. The van der Waals surface area contributed by atoms with E-state index >= 15 is 0 Å². The number of imidazole rings is 1. The Hall–Kier alpha value is -2.56. The summed E-state index contributed by atoms with van der Waals surface area (Å²) >= 11 is 0.